The average molecular weight is 361 g/mol. The molecule has 0 radical (unpaired) electrons. The Morgan fingerprint density at radius 3 is 2.44 bits per heavy atom. The predicted molar refractivity (Wildman–Crippen MR) is 92.1 cm³/mol. The second-order valence-corrected chi connectivity index (χ2v) is 7.24. The minimum absolute atomic E-state index is 0.0452. The van der Waals surface area contributed by atoms with Gasteiger partial charge < -0.3 is 9.32 Å². The van der Waals surface area contributed by atoms with E-state index in [4.69, 9.17) is 4.42 Å². The number of amides is 1. The highest BCUT2D eigenvalue weighted by Gasteiger charge is 2.16. The maximum absolute atomic E-state index is 12.5. The van der Waals surface area contributed by atoms with Crippen molar-refractivity contribution in [2.75, 3.05) is 18.8 Å². The number of anilines is 1. The van der Waals surface area contributed by atoms with Crippen LogP contribution in [0, 0.1) is 0 Å². The van der Waals surface area contributed by atoms with Crippen LogP contribution in [0.25, 0.3) is 11.1 Å². The molecule has 0 aliphatic rings. The van der Waals surface area contributed by atoms with Crippen LogP contribution in [-0.2, 0) is 10.0 Å². The Hall–Kier alpha value is -3.07. The van der Waals surface area contributed by atoms with E-state index in [2.05, 4.69) is 9.71 Å². The molecule has 25 heavy (non-hydrogen) atoms. The Morgan fingerprint density at radius 2 is 1.80 bits per heavy atom. The fourth-order valence-corrected chi connectivity index (χ4v) is 3.32. The summed E-state index contributed by atoms with van der Waals surface area (Å²) in [4.78, 5) is 26.8. The van der Waals surface area contributed by atoms with Gasteiger partial charge in [-0.05, 0) is 36.4 Å². The van der Waals surface area contributed by atoms with Crippen molar-refractivity contribution in [2.45, 2.75) is 4.90 Å². The molecule has 1 heterocycles. The quantitative estimate of drug-likeness (QED) is 0.733. The molecular formula is C16H15N3O5S. The second-order valence-electron chi connectivity index (χ2n) is 5.55. The highest BCUT2D eigenvalue weighted by atomic mass is 32.2. The molecule has 3 rings (SSSR count). The fraction of sp³-hybridized carbons (Fsp3) is 0.125. The molecule has 130 valence electrons. The van der Waals surface area contributed by atoms with Gasteiger partial charge in [0.2, 0.25) is 0 Å². The summed E-state index contributed by atoms with van der Waals surface area (Å²) < 4.78 is 32.2. The van der Waals surface area contributed by atoms with Crippen LogP contribution in [-0.4, -0.2) is 38.3 Å². The molecule has 1 amide bonds. The first kappa shape index (κ1) is 16.8. The third kappa shape index (κ3) is 3.41. The van der Waals surface area contributed by atoms with Crippen LogP contribution in [0.4, 0.5) is 5.69 Å². The summed E-state index contributed by atoms with van der Waals surface area (Å²) in [5.74, 6) is -0.832. The van der Waals surface area contributed by atoms with Gasteiger partial charge in [-0.3, -0.25) is 14.5 Å². The largest absolute Gasteiger partial charge is 0.417 e. The third-order valence-electron chi connectivity index (χ3n) is 3.49. The molecule has 2 aromatic carbocycles. The maximum Gasteiger partial charge on any atom is 0.417 e. The molecule has 8 nitrogen and oxygen atoms in total. The van der Waals surface area contributed by atoms with Crippen LogP contribution >= 0.6 is 0 Å². The first-order valence-corrected chi connectivity index (χ1v) is 8.72. The standard InChI is InChI=1S/C16H15N3O5S/c1-19(2)15(20)10-3-5-11(6-4-10)18-25(22,23)12-7-8-13-14(9-12)24-16(21)17-13/h3-9,18H,1-2H3,(H,17,21). The van der Waals surface area contributed by atoms with Crippen molar-refractivity contribution in [3.8, 4) is 0 Å². The molecule has 0 aliphatic carbocycles. The fourth-order valence-electron chi connectivity index (χ4n) is 2.25. The number of benzene rings is 2. The zero-order chi connectivity index (χ0) is 18.2. The summed E-state index contributed by atoms with van der Waals surface area (Å²) in [6.45, 7) is 0. The Balaban J connectivity index is 1.87. The number of oxazole rings is 1. The summed E-state index contributed by atoms with van der Waals surface area (Å²) >= 11 is 0. The minimum Gasteiger partial charge on any atom is -0.408 e. The van der Waals surface area contributed by atoms with E-state index in [1.54, 1.807) is 14.1 Å². The number of rotatable bonds is 4. The predicted octanol–water partition coefficient (Wildman–Crippen LogP) is 1.62. The lowest BCUT2D eigenvalue weighted by Gasteiger charge is -2.11. The number of fused-ring (bicyclic) bond motifs is 1. The Kier molecular flexibility index (Phi) is 4.09. The number of hydrogen-bond acceptors (Lipinski definition) is 5. The smallest absolute Gasteiger partial charge is 0.408 e. The van der Waals surface area contributed by atoms with Crippen LogP contribution in [0.2, 0.25) is 0 Å². The number of aromatic nitrogens is 1. The van der Waals surface area contributed by atoms with Crippen molar-refractivity contribution < 1.29 is 17.6 Å². The average Bonchev–Trinajstić information content (AvgIpc) is 2.93. The van der Waals surface area contributed by atoms with Crippen molar-refractivity contribution in [1.82, 2.24) is 9.88 Å². The van der Waals surface area contributed by atoms with Crippen molar-refractivity contribution in [3.05, 3.63) is 58.6 Å². The van der Waals surface area contributed by atoms with Gasteiger partial charge in [-0.1, -0.05) is 0 Å². The minimum atomic E-state index is -3.87. The molecular weight excluding hydrogens is 346 g/mol. The zero-order valence-corrected chi connectivity index (χ0v) is 14.3. The SMILES string of the molecule is CN(C)C(=O)c1ccc(NS(=O)(=O)c2ccc3[nH]c(=O)oc3c2)cc1. The van der Waals surface area contributed by atoms with Gasteiger partial charge in [-0.25, -0.2) is 13.2 Å². The lowest BCUT2D eigenvalue weighted by Crippen LogP contribution is -2.21. The molecule has 0 saturated heterocycles. The highest BCUT2D eigenvalue weighted by molar-refractivity contribution is 7.92. The molecule has 2 N–H and O–H groups in total. The molecule has 0 unspecified atom stereocenters. The van der Waals surface area contributed by atoms with Gasteiger partial charge >= 0.3 is 5.76 Å². The van der Waals surface area contributed by atoms with E-state index in [9.17, 15) is 18.0 Å². The number of nitrogens with one attached hydrogen (secondary N) is 2. The summed E-state index contributed by atoms with van der Waals surface area (Å²) in [5, 5.41) is 0. The van der Waals surface area contributed by atoms with Crippen molar-refractivity contribution in [1.29, 1.82) is 0 Å². The van der Waals surface area contributed by atoms with Crippen LogP contribution in [0.1, 0.15) is 10.4 Å². The number of aromatic amines is 1. The van der Waals surface area contributed by atoms with Gasteiger partial charge in [-0.15, -0.1) is 0 Å². The second kappa shape index (κ2) is 6.10. The molecule has 3 aromatic rings. The van der Waals surface area contributed by atoms with E-state index in [1.165, 1.54) is 47.4 Å². The van der Waals surface area contributed by atoms with Crippen LogP contribution < -0.4 is 10.5 Å². The number of nitrogens with zero attached hydrogens (tertiary/aromatic N) is 1. The van der Waals surface area contributed by atoms with E-state index in [0.717, 1.165) is 0 Å². The highest BCUT2D eigenvalue weighted by Crippen LogP contribution is 2.20. The summed E-state index contributed by atoms with van der Waals surface area (Å²) in [7, 11) is -0.599. The lowest BCUT2D eigenvalue weighted by molar-refractivity contribution is 0.0827. The van der Waals surface area contributed by atoms with Crippen molar-refractivity contribution >= 4 is 32.7 Å². The van der Waals surface area contributed by atoms with Crippen LogP contribution in [0.5, 0.6) is 0 Å². The van der Waals surface area contributed by atoms with Gasteiger partial charge in [0.1, 0.15) is 0 Å². The zero-order valence-electron chi connectivity index (χ0n) is 13.4. The number of H-pyrrole nitrogens is 1. The number of carbonyl (C=O) groups is 1. The first-order chi connectivity index (χ1) is 11.8. The van der Waals surface area contributed by atoms with Crippen molar-refractivity contribution in [3.63, 3.8) is 0 Å². The van der Waals surface area contributed by atoms with E-state index in [-0.39, 0.29) is 16.4 Å². The molecule has 0 atom stereocenters. The number of sulfonamides is 1. The van der Waals surface area contributed by atoms with Gasteiger partial charge in [0.05, 0.1) is 10.4 Å². The topological polar surface area (TPSA) is 112 Å². The Morgan fingerprint density at radius 1 is 1.12 bits per heavy atom. The monoisotopic (exact) mass is 361 g/mol. The van der Waals surface area contributed by atoms with Gasteiger partial charge in [-0.2, -0.15) is 0 Å². The van der Waals surface area contributed by atoms with Gasteiger partial charge in [0.15, 0.2) is 5.58 Å². The molecule has 1 aromatic heterocycles. The van der Waals surface area contributed by atoms with Crippen molar-refractivity contribution in [2.24, 2.45) is 0 Å². The molecule has 0 spiro atoms. The molecule has 0 fully saturated rings. The normalized spacial score (nSPS) is 11.4. The molecule has 0 aliphatic heterocycles. The summed E-state index contributed by atoms with van der Waals surface area (Å²) in [6.07, 6.45) is 0. The van der Waals surface area contributed by atoms with E-state index >= 15 is 0 Å². The maximum atomic E-state index is 12.5. The summed E-state index contributed by atoms with van der Waals surface area (Å²) in [6, 6.07) is 10.2. The Labute approximate surface area is 143 Å². The lowest BCUT2D eigenvalue weighted by atomic mass is 10.2. The van der Waals surface area contributed by atoms with Gasteiger partial charge in [0.25, 0.3) is 15.9 Å². The Bertz CT molecular complexity index is 1090. The van der Waals surface area contributed by atoms with Crippen LogP contribution in [0.15, 0.2) is 56.6 Å². The molecule has 0 bridgehead atoms. The first-order valence-electron chi connectivity index (χ1n) is 7.24. The number of hydrogen-bond donors (Lipinski definition) is 2. The molecule has 9 heteroatoms. The van der Waals surface area contributed by atoms with Gasteiger partial charge in [0, 0.05) is 31.4 Å². The number of carbonyl (C=O) groups excluding carboxylic acids is 1. The third-order valence-corrected chi connectivity index (χ3v) is 4.87. The van der Waals surface area contributed by atoms with E-state index in [0.29, 0.717) is 16.8 Å². The summed E-state index contributed by atoms with van der Waals surface area (Å²) in [5.41, 5.74) is 1.32. The van der Waals surface area contributed by atoms with Crippen LogP contribution in [0.3, 0.4) is 0 Å². The van der Waals surface area contributed by atoms with E-state index < -0.39 is 15.8 Å². The van der Waals surface area contributed by atoms with E-state index in [1.807, 2.05) is 0 Å². The molecule has 0 saturated carbocycles.